The Bertz CT molecular complexity index is 173. The molecule has 0 saturated carbocycles. The third kappa shape index (κ3) is 1.18. The molecular weight excluding hydrogens is 328 g/mol. The molecule has 0 aliphatic heterocycles. The van der Waals surface area contributed by atoms with E-state index in [9.17, 15) is 0 Å². The van der Waals surface area contributed by atoms with Gasteiger partial charge < -0.3 is 0 Å². The summed E-state index contributed by atoms with van der Waals surface area (Å²) >= 11 is 4.57. The second-order valence-electron chi connectivity index (χ2n) is 1.58. The molecule has 0 N–H and O–H groups in total. The lowest BCUT2D eigenvalue weighted by molar-refractivity contribution is 1.20. The minimum Gasteiger partial charge on any atom is -0.282 e. The molecule has 0 atom stereocenters. The van der Waals surface area contributed by atoms with E-state index in [0.29, 0.717) is 0 Å². The monoisotopic (exact) mass is 333 g/mol. The minimum absolute atomic E-state index is 1.28. The van der Waals surface area contributed by atoms with Crippen LogP contribution in [0.5, 0.6) is 0 Å². The van der Waals surface area contributed by atoms with Gasteiger partial charge in [-0.05, 0) is 41.6 Å². The average molecular weight is 333 g/mol. The molecule has 1 nitrogen and oxygen atoms in total. The Morgan fingerprint density at radius 1 is 1.50 bits per heavy atom. The number of hydrogen-bond acceptors (Lipinski definition) is 0. The molecule has 0 saturated heterocycles. The first-order valence-corrected chi connectivity index (χ1v) is 4.26. The van der Waals surface area contributed by atoms with Crippen molar-refractivity contribution in [1.29, 1.82) is 0 Å². The summed E-state index contributed by atoms with van der Waals surface area (Å²) in [5.74, 6) is 0. The Morgan fingerprint density at radius 3 is 2.25 bits per heavy atom. The van der Waals surface area contributed by atoms with Crippen molar-refractivity contribution < 1.29 is 0 Å². The zero-order valence-electron chi connectivity index (χ0n) is 4.36. The quantitative estimate of drug-likeness (QED) is 0.644. The van der Waals surface area contributed by atoms with Gasteiger partial charge in [-0.25, -0.2) is 0 Å². The predicted octanol–water partition coefficient (Wildman–Crippen LogP) is 2.60. The molecule has 0 amide bonds. The number of rotatable bonds is 0. The summed E-state index contributed by atoms with van der Waals surface area (Å²) in [5, 5.41) is 0. The molecule has 1 rings (SSSR count). The average Bonchev–Trinajstić information content (AvgIpc) is 1.98. The molecule has 0 radical (unpaired) electrons. The summed E-state index contributed by atoms with van der Waals surface area (Å²) in [5.41, 5.74) is 1.30. The Labute approximate surface area is 76.1 Å². The SMILES string of the molecule is Cc1ccc(I)n1I. The Kier molecular flexibility index (Phi) is 2.19. The van der Waals surface area contributed by atoms with Crippen LogP contribution in [-0.4, -0.2) is 2.78 Å². The highest BCUT2D eigenvalue weighted by Gasteiger charge is 1.94. The van der Waals surface area contributed by atoms with Gasteiger partial charge in [0.15, 0.2) is 0 Å². The van der Waals surface area contributed by atoms with E-state index in [1.54, 1.807) is 0 Å². The molecular formula is C5H5I2N. The normalized spacial score (nSPS) is 9.88. The molecule has 0 aromatic carbocycles. The van der Waals surface area contributed by atoms with E-state index < -0.39 is 0 Å². The molecule has 0 bridgehead atoms. The van der Waals surface area contributed by atoms with Gasteiger partial charge >= 0.3 is 0 Å². The van der Waals surface area contributed by atoms with Crippen LogP contribution in [0.15, 0.2) is 12.1 Å². The fourth-order valence-electron chi connectivity index (χ4n) is 0.489. The highest BCUT2D eigenvalue weighted by atomic mass is 127. The summed E-state index contributed by atoms with van der Waals surface area (Å²) in [6, 6.07) is 4.20. The van der Waals surface area contributed by atoms with Crippen LogP contribution in [0, 0.1) is 10.6 Å². The van der Waals surface area contributed by atoms with Crippen molar-refractivity contribution in [3.8, 4) is 0 Å². The first kappa shape index (κ1) is 6.85. The van der Waals surface area contributed by atoms with Crippen molar-refractivity contribution in [2.45, 2.75) is 6.92 Å². The zero-order valence-corrected chi connectivity index (χ0v) is 8.67. The largest absolute Gasteiger partial charge is 0.282 e. The van der Waals surface area contributed by atoms with Crippen LogP contribution in [0.4, 0.5) is 0 Å². The van der Waals surface area contributed by atoms with Gasteiger partial charge in [0.05, 0.1) is 26.6 Å². The molecule has 1 heterocycles. The summed E-state index contributed by atoms with van der Waals surface area (Å²) in [6.45, 7) is 2.09. The number of aryl methyl sites for hydroxylation is 1. The van der Waals surface area contributed by atoms with E-state index in [1.807, 2.05) is 0 Å². The highest BCUT2D eigenvalue weighted by molar-refractivity contribution is 14.1. The van der Waals surface area contributed by atoms with Crippen LogP contribution in [0.2, 0.25) is 0 Å². The molecule has 0 aliphatic carbocycles. The second kappa shape index (κ2) is 2.55. The van der Waals surface area contributed by atoms with Crippen LogP contribution >= 0.6 is 45.5 Å². The fourth-order valence-corrected chi connectivity index (χ4v) is 1.37. The summed E-state index contributed by atoms with van der Waals surface area (Å²) in [4.78, 5) is 0. The highest BCUT2D eigenvalue weighted by Crippen LogP contribution is 2.13. The molecule has 3 heteroatoms. The number of nitrogens with zero attached hydrogens (tertiary/aromatic N) is 1. The maximum Gasteiger partial charge on any atom is 0.0891 e. The number of halogens is 2. The van der Waals surface area contributed by atoms with Crippen molar-refractivity contribution in [3.63, 3.8) is 0 Å². The lowest BCUT2D eigenvalue weighted by Gasteiger charge is -1.91. The van der Waals surface area contributed by atoms with E-state index in [0.717, 1.165) is 0 Å². The first-order chi connectivity index (χ1) is 3.72. The lowest BCUT2D eigenvalue weighted by Crippen LogP contribution is -1.81. The van der Waals surface area contributed by atoms with E-state index in [1.165, 1.54) is 9.39 Å². The molecule has 1 aromatic heterocycles. The van der Waals surface area contributed by atoms with Crippen molar-refractivity contribution in [3.05, 3.63) is 21.5 Å². The van der Waals surface area contributed by atoms with E-state index in [2.05, 4.69) is 67.3 Å². The minimum atomic E-state index is 1.28. The molecule has 0 aliphatic rings. The fraction of sp³-hybridized carbons (Fsp3) is 0.200. The molecule has 8 heavy (non-hydrogen) atoms. The summed E-state index contributed by atoms with van der Waals surface area (Å²) in [7, 11) is 0. The Balaban J connectivity index is 3.19. The van der Waals surface area contributed by atoms with Crippen LogP contribution in [0.25, 0.3) is 0 Å². The maximum absolute atomic E-state index is 2.30. The number of hydrogen-bond donors (Lipinski definition) is 0. The lowest BCUT2D eigenvalue weighted by atomic mass is 10.5. The van der Waals surface area contributed by atoms with E-state index in [4.69, 9.17) is 0 Å². The van der Waals surface area contributed by atoms with Gasteiger partial charge in [-0.15, -0.1) is 0 Å². The van der Waals surface area contributed by atoms with Crippen LogP contribution in [0.3, 0.4) is 0 Å². The number of aromatic nitrogens is 1. The van der Waals surface area contributed by atoms with Gasteiger partial charge in [0.2, 0.25) is 0 Å². The third-order valence-corrected chi connectivity index (χ3v) is 4.01. The zero-order chi connectivity index (χ0) is 6.15. The van der Waals surface area contributed by atoms with Gasteiger partial charge in [0.25, 0.3) is 0 Å². The van der Waals surface area contributed by atoms with Crippen LogP contribution in [-0.2, 0) is 0 Å². The van der Waals surface area contributed by atoms with Gasteiger partial charge in [-0.3, -0.25) is 2.78 Å². The van der Waals surface area contributed by atoms with Crippen molar-refractivity contribution in [2.75, 3.05) is 0 Å². The Hall–Kier alpha value is 0.740. The van der Waals surface area contributed by atoms with Gasteiger partial charge in [-0.1, -0.05) is 0 Å². The van der Waals surface area contributed by atoms with Crippen LogP contribution in [0.1, 0.15) is 5.69 Å². The molecule has 0 fully saturated rings. The molecule has 44 valence electrons. The van der Waals surface area contributed by atoms with Gasteiger partial charge in [0.1, 0.15) is 0 Å². The predicted molar refractivity (Wildman–Crippen MR) is 51.3 cm³/mol. The van der Waals surface area contributed by atoms with E-state index >= 15 is 0 Å². The smallest absolute Gasteiger partial charge is 0.0891 e. The van der Waals surface area contributed by atoms with Gasteiger partial charge in [-0.2, -0.15) is 0 Å². The molecule has 0 spiro atoms. The topological polar surface area (TPSA) is 4.93 Å². The van der Waals surface area contributed by atoms with Crippen LogP contribution < -0.4 is 0 Å². The second-order valence-corrected chi connectivity index (χ2v) is 3.65. The standard InChI is InChI=1S/C5H5I2N/c1-4-2-3-5(6)8(4)7/h2-3H,1H3. The summed E-state index contributed by atoms with van der Waals surface area (Å²) < 4.78 is 3.40. The van der Waals surface area contributed by atoms with Crippen molar-refractivity contribution >= 4 is 45.5 Å². The summed E-state index contributed by atoms with van der Waals surface area (Å²) in [6.07, 6.45) is 0. The Morgan fingerprint density at radius 2 is 2.12 bits per heavy atom. The molecule has 0 unspecified atom stereocenters. The third-order valence-electron chi connectivity index (χ3n) is 0.959. The van der Waals surface area contributed by atoms with Crippen molar-refractivity contribution in [2.24, 2.45) is 0 Å². The van der Waals surface area contributed by atoms with E-state index in [-0.39, 0.29) is 0 Å². The first-order valence-electron chi connectivity index (χ1n) is 2.22. The van der Waals surface area contributed by atoms with Gasteiger partial charge in [0, 0.05) is 5.69 Å². The maximum atomic E-state index is 2.30. The molecule has 1 aromatic rings. The van der Waals surface area contributed by atoms with Crippen molar-refractivity contribution in [1.82, 2.24) is 2.78 Å².